The summed E-state index contributed by atoms with van der Waals surface area (Å²) in [4.78, 5) is 11.7. The van der Waals surface area contributed by atoms with E-state index >= 15 is 0 Å². The number of carbonyl (C=O) groups excluding carboxylic acids is 1. The number of esters is 1. The first kappa shape index (κ1) is 11.5. The molecule has 8 heteroatoms. The van der Waals surface area contributed by atoms with Gasteiger partial charge in [0.15, 0.2) is 5.82 Å². The van der Waals surface area contributed by atoms with Crippen molar-refractivity contribution in [1.82, 2.24) is 20.2 Å². The minimum absolute atomic E-state index is 0.251. The quantitative estimate of drug-likeness (QED) is 0.745. The average molecular weight is 254 g/mol. The van der Waals surface area contributed by atoms with Gasteiger partial charge in [0.1, 0.15) is 17.2 Å². The highest BCUT2D eigenvalue weighted by Crippen LogP contribution is 2.22. The lowest BCUT2D eigenvalue weighted by Crippen LogP contribution is -2.04. The Hall–Kier alpha value is -1.96. The summed E-state index contributed by atoms with van der Waals surface area (Å²) in [6.07, 6.45) is 0. The molecule has 2 aromatic heterocycles. The minimum atomic E-state index is -0.370. The zero-order valence-electron chi connectivity index (χ0n) is 9.28. The smallest absolute Gasteiger partial charge is 0.348 e. The van der Waals surface area contributed by atoms with Crippen LogP contribution in [0.4, 0.5) is 0 Å². The molecule has 0 atom stereocenters. The van der Waals surface area contributed by atoms with Gasteiger partial charge in [0.25, 0.3) is 0 Å². The van der Waals surface area contributed by atoms with Gasteiger partial charge in [0.05, 0.1) is 7.11 Å². The Bertz CT molecular complexity index is 522. The number of carbonyl (C=O) groups is 1. The van der Waals surface area contributed by atoms with Crippen LogP contribution in [0, 0.1) is 0 Å². The Balaban J connectivity index is 1.98. The molecule has 0 saturated carbocycles. The number of aryl methyl sites for hydroxylation is 1. The molecular weight excluding hydrogens is 244 g/mol. The maximum absolute atomic E-state index is 11.2. The summed E-state index contributed by atoms with van der Waals surface area (Å²) >= 11 is 1.27. The fraction of sp³-hybridized carbons (Fsp3) is 0.333. The van der Waals surface area contributed by atoms with Crippen LogP contribution in [0.3, 0.4) is 0 Å². The zero-order chi connectivity index (χ0) is 12.3. The second kappa shape index (κ2) is 4.91. The number of aromatic nitrogens is 4. The first-order valence-electron chi connectivity index (χ1n) is 4.71. The Morgan fingerprint density at radius 3 is 3.06 bits per heavy atom. The standard InChI is InChI=1S/C9H10N4O3S/c1-13-8(10-11-12-13)4-16-6-3-7(17-5-6)9(14)15-2/h3,5H,4H2,1-2H3. The predicted molar refractivity (Wildman–Crippen MR) is 58.8 cm³/mol. The van der Waals surface area contributed by atoms with Gasteiger partial charge in [-0.3, -0.25) is 0 Å². The van der Waals surface area contributed by atoms with Gasteiger partial charge >= 0.3 is 5.97 Å². The highest BCUT2D eigenvalue weighted by molar-refractivity contribution is 7.12. The Morgan fingerprint density at radius 2 is 2.41 bits per heavy atom. The summed E-state index contributed by atoms with van der Waals surface area (Å²) in [5, 5.41) is 12.7. The molecule has 0 aromatic carbocycles. The van der Waals surface area contributed by atoms with Crippen molar-refractivity contribution in [2.75, 3.05) is 7.11 Å². The maximum atomic E-state index is 11.2. The molecule has 0 spiro atoms. The van der Waals surface area contributed by atoms with Crippen LogP contribution in [0.1, 0.15) is 15.5 Å². The van der Waals surface area contributed by atoms with Crippen LogP contribution in [0.15, 0.2) is 11.4 Å². The predicted octanol–water partition coefficient (Wildman–Crippen LogP) is 0.637. The topological polar surface area (TPSA) is 79.1 Å². The van der Waals surface area contributed by atoms with Crippen molar-refractivity contribution in [1.29, 1.82) is 0 Å². The molecule has 17 heavy (non-hydrogen) atoms. The van der Waals surface area contributed by atoms with Crippen molar-refractivity contribution < 1.29 is 14.3 Å². The summed E-state index contributed by atoms with van der Waals surface area (Å²) in [7, 11) is 3.07. The van der Waals surface area contributed by atoms with Crippen LogP contribution >= 0.6 is 11.3 Å². The highest BCUT2D eigenvalue weighted by Gasteiger charge is 2.10. The van der Waals surface area contributed by atoms with E-state index in [-0.39, 0.29) is 12.6 Å². The SMILES string of the molecule is COC(=O)c1cc(OCc2nnnn2C)cs1. The van der Waals surface area contributed by atoms with E-state index < -0.39 is 0 Å². The molecule has 0 unspecified atom stereocenters. The molecule has 2 heterocycles. The Kier molecular flexibility index (Phi) is 3.33. The molecule has 0 saturated heterocycles. The third kappa shape index (κ3) is 2.59. The number of hydrogen-bond acceptors (Lipinski definition) is 7. The fourth-order valence-electron chi connectivity index (χ4n) is 1.12. The lowest BCUT2D eigenvalue weighted by atomic mass is 10.4. The summed E-state index contributed by atoms with van der Waals surface area (Å²) in [5.74, 6) is 0.833. The summed E-state index contributed by atoms with van der Waals surface area (Å²) < 4.78 is 11.6. The van der Waals surface area contributed by atoms with E-state index in [4.69, 9.17) is 4.74 Å². The average Bonchev–Trinajstić information content (AvgIpc) is 2.94. The molecule has 0 aliphatic rings. The van der Waals surface area contributed by atoms with Crippen molar-refractivity contribution in [3.8, 4) is 5.75 Å². The summed E-state index contributed by atoms with van der Waals surface area (Å²) in [5.41, 5.74) is 0. The van der Waals surface area contributed by atoms with Crippen LogP contribution < -0.4 is 4.74 Å². The Morgan fingerprint density at radius 1 is 1.59 bits per heavy atom. The zero-order valence-corrected chi connectivity index (χ0v) is 10.1. The van der Waals surface area contributed by atoms with Gasteiger partial charge in [0.2, 0.25) is 0 Å². The first-order valence-corrected chi connectivity index (χ1v) is 5.59. The lowest BCUT2D eigenvalue weighted by molar-refractivity contribution is 0.0606. The van der Waals surface area contributed by atoms with Crippen LogP contribution in [-0.4, -0.2) is 33.3 Å². The van der Waals surface area contributed by atoms with Gasteiger partial charge in [-0.15, -0.1) is 16.4 Å². The molecule has 7 nitrogen and oxygen atoms in total. The molecule has 2 aromatic rings. The van der Waals surface area contributed by atoms with Crippen molar-refractivity contribution in [2.45, 2.75) is 6.61 Å². The molecule has 0 radical (unpaired) electrons. The van der Waals surface area contributed by atoms with Gasteiger partial charge in [-0.2, -0.15) is 0 Å². The number of rotatable bonds is 4. The van der Waals surface area contributed by atoms with Gasteiger partial charge in [-0.25, -0.2) is 9.48 Å². The van der Waals surface area contributed by atoms with Gasteiger partial charge < -0.3 is 9.47 Å². The van der Waals surface area contributed by atoms with Gasteiger partial charge in [-0.05, 0) is 10.4 Å². The molecule has 0 aliphatic heterocycles. The van der Waals surface area contributed by atoms with Crippen molar-refractivity contribution in [2.24, 2.45) is 7.05 Å². The first-order chi connectivity index (χ1) is 8.20. The highest BCUT2D eigenvalue weighted by atomic mass is 32.1. The van der Waals surface area contributed by atoms with Gasteiger partial charge in [-0.1, -0.05) is 0 Å². The van der Waals surface area contributed by atoms with E-state index in [1.54, 1.807) is 18.5 Å². The molecule has 0 amide bonds. The monoisotopic (exact) mass is 254 g/mol. The number of hydrogen-bond donors (Lipinski definition) is 0. The summed E-state index contributed by atoms with van der Waals surface area (Å²) in [6.45, 7) is 0.251. The normalized spacial score (nSPS) is 10.2. The summed E-state index contributed by atoms with van der Waals surface area (Å²) in [6, 6.07) is 1.63. The number of nitrogens with zero attached hydrogens (tertiary/aromatic N) is 4. The largest absolute Gasteiger partial charge is 0.485 e. The maximum Gasteiger partial charge on any atom is 0.348 e. The van der Waals surface area contributed by atoms with E-state index in [1.165, 1.54) is 23.1 Å². The van der Waals surface area contributed by atoms with Gasteiger partial charge in [0, 0.05) is 18.5 Å². The van der Waals surface area contributed by atoms with Crippen LogP contribution in [-0.2, 0) is 18.4 Å². The molecule has 2 rings (SSSR count). The molecule has 0 aliphatic carbocycles. The lowest BCUT2D eigenvalue weighted by Gasteiger charge is -2.01. The number of ether oxygens (including phenoxy) is 2. The fourth-order valence-corrected chi connectivity index (χ4v) is 1.86. The third-order valence-corrected chi connectivity index (χ3v) is 2.93. The second-order valence-electron chi connectivity index (χ2n) is 3.15. The minimum Gasteiger partial charge on any atom is -0.485 e. The molecule has 0 fully saturated rings. The van der Waals surface area contributed by atoms with E-state index in [1.807, 2.05) is 0 Å². The van der Waals surface area contributed by atoms with E-state index in [0.717, 1.165) is 0 Å². The van der Waals surface area contributed by atoms with Crippen LogP contribution in [0.5, 0.6) is 5.75 Å². The third-order valence-electron chi connectivity index (χ3n) is 2.04. The van der Waals surface area contributed by atoms with Crippen LogP contribution in [0.25, 0.3) is 0 Å². The molecule has 0 N–H and O–H groups in total. The van der Waals surface area contributed by atoms with E-state index in [2.05, 4.69) is 20.3 Å². The number of methoxy groups -OCH3 is 1. The van der Waals surface area contributed by atoms with E-state index in [0.29, 0.717) is 16.5 Å². The second-order valence-corrected chi connectivity index (χ2v) is 4.06. The van der Waals surface area contributed by atoms with Crippen LogP contribution in [0.2, 0.25) is 0 Å². The number of tetrazole rings is 1. The molecule has 90 valence electrons. The molecular formula is C9H10N4O3S. The van der Waals surface area contributed by atoms with Crippen molar-refractivity contribution >= 4 is 17.3 Å². The number of thiophene rings is 1. The van der Waals surface area contributed by atoms with E-state index in [9.17, 15) is 4.79 Å². The van der Waals surface area contributed by atoms with Crippen molar-refractivity contribution in [3.05, 3.63) is 22.1 Å². The van der Waals surface area contributed by atoms with Crippen molar-refractivity contribution in [3.63, 3.8) is 0 Å². The molecule has 0 bridgehead atoms. The Labute approximate surface area is 101 Å².